The SMILES string of the molecule is COc1ccc(CN2CCC3(CC2)Nc2ccccc2C2=NCCN23)cc1OC. The van der Waals surface area contributed by atoms with Crippen LogP contribution in [0.4, 0.5) is 5.69 Å². The molecule has 0 aromatic heterocycles. The zero-order chi connectivity index (χ0) is 19.8. The van der Waals surface area contributed by atoms with Gasteiger partial charge in [0.05, 0.1) is 20.8 Å². The lowest BCUT2D eigenvalue weighted by atomic mass is 9.90. The van der Waals surface area contributed by atoms with Crippen molar-refractivity contribution in [2.24, 2.45) is 4.99 Å². The zero-order valence-electron chi connectivity index (χ0n) is 17.1. The summed E-state index contributed by atoms with van der Waals surface area (Å²) in [6, 6.07) is 14.8. The van der Waals surface area contributed by atoms with Crippen LogP contribution in [0.1, 0.15) is 24.0 Å². The number of methoxy groups -OCH3 is 2. The zero-order valence-corrected chi connectivity index (χ0v) is 17.1. The maximum atomic E-state index is 5.46. The van der Waals surface area contributed by atoms with Crippen molar-refractivity contribution in [3.63, 3.8) is 0 Å². The Labute approximate surface area is 172 Å². The summed E-state index contributed by atoms with van der Waals surface area (Å²) >= 11 is 0. The molecule has 1 N–H and O–H groups in total. The van der Waals surface area contributed by atoms with E-state index in [1.165, 1.54) is 22.6 Å². The van der Waals surface area contributed by atoms with Crippen LogP contribution in [0.25, 0.3) is 0 Å². The number of nitrogens with one attached hydrogen (secondary N) is 1. The Morgan fingerprint density at radius 1 is 1.00 bits per heavy atom. The number of aliphatic imine (C=N–C) groups is 1. The summed E-state index contributed by atoms with van der Waals surface area (Å²) in [6.07, 6.45) is 2.15. The molecule has 0 saturated carbocycles. The predicted molar refractivity (Wildman–Crippen MR) is 115 cm³/mol. The van der Waals surface area contributed by atoms with Gasteiger partial charge in [-0.1, -0.05) is 18.2 Å². The van der Waals surface area contributed by atoms with E-state index in [-0.39, 0.29) is 5.66 Å². The summed E-state index contributed by atoms with van der Waals surface area (Å²) in [7, 11) is 3.36. The Hall–Kier alpha value is -2.73. The molecular weight excluding hydrogens is 364 g/mol. The molecule has 6 nitrogen and oxygen atoms in total. The number of piperidine rings is 1. The van der Waals surface area contributed by atoms with Crippen molar-refractivity contribution < 1.29 is 9.47 Å². The molecule has 0 bridgehead atoms. The molecule has 1 spiro atoms. The molecular formula is C23H28N4O2. The van der Waals surface area contributed by atoms with Gasteiger partial charge in [0.2, 0.25) is 0 Å². The van der Waals surface area contributed by atoms with E-state index in [0.29, 0.717) is 0 Å². The monoisotopic (exact) mass is 392 g/mol. The van der Waals surface area contributed by atoms with Gasteiger partial charge in [-0.05, 0) is 29.8 Å². The van der Waals surface area contributed by atoms with E-state index in [1.807, 2.05) is 6.07 Å². The first-order valence-corrected chi connectivity index (χ1v) is 10.4. The minimum absolute atomic E-state index is 0.0161. The van der Waals surface area contributed by atoms with E-state index in [9.17, 15) is 0 Å². The van der Waals surface area contributed by atoms with Gasteiger partial charge in [0, 0.05) is 50.3 Å². The molecule has 3 heterocycles. The average Bonchev–Trinajstić information content (AvgIpc) is 3.27. The lowest BCUT2D eigenvalue weighted by Gasteiger charge is -2.52. The third-order valence-corrected chi connectivity index (χ3v) is 6.43. The first kappa shape index (κ1) is 18.3. The molecule has 1 fully saturated rings. The van der Waals surface area contributed by atoms with Crippen LogP contribution in [0.5, 0.6) is 11.5 Å². The average molecular weight is 393 g/mol. The number of benzene rings is 2. The fraction of sp³-hybridized carbons (Fsp3) is 0.435. The lowest BCUT2D eigenvalue weighted by Crippen LogP contribution is -2.63. The number of nitrogens with zero attached hydrogens (tertiary/aromatic N) is 3. The van der Waals surface area contributed by atoms with Crippen molar-refractivity contribution in [2.75, 3.05) is 45.7 Å². The van der Waals surface area contributed by atoms with Crippen LogP contribution in [-0.4, -0.2) is 61.7 Å². The largest absolute Gasteiger partial charge is 0.493 e. The summed E-state index contributed by atoms with van der Waals surface area (Å²) in [5.74, 6) is 2.74. The third-order valence-electron chi connectivity index (χ3n) is 6.43. The van der Waals surface area contributed by atoms with Crippen molar-refractivity contribution in [1.82, 2.24) is 9.80 Å². The maximum absolute atomic E-state index is 5.46. The highest BCUT2D eigenvalue weighted by atomic mass is 16.5. The van der Waals surface area contributed by atoms with Gasteiger partial charge in [-0.2, -0.15) is 0 Å². The van der Waals surface area contributed by atoms with Crippen LogP contribution >= 0.6 is 0 Å². The molecule has 3 aliphatic heterocycles. The second-order valence-electron chi connectivity index (χ2n) is 8.02. The van der Waals surface area contributed by atoms with Crippen LogP contribution < -0.4 is 14.8 Å². The molecule has 0 unspecified atom stereocenters. The lowest BCUT2D eigenvalue weighted by molar-refractivity contribution is 0.0895. The fourth-order valence-corrected chi connectivity index (χ4v) is 4.91. The molecule has 29 heavy (non-hydrogen) atoms. The number of rotatable bonds is 4. The highest BCUT2D eigenvalue weighted by Gasteiger charge is 2.46. The summed E-state index contributed by atoms with van der Waals surface area (Å²) in [5, 5.41) is 3.88. The fourth-order valence-electron chi connectivity index (χ4n) is 4.91. The van der Waals surface area contributed by atoms with E-state index in [2.05, 4.69) is 51.5 Å². The highest BCUT2D eigenvalue weighted by Crippen LogP contribution is 2.39. The molecule has 152 valence electrons. The van der Waals surface area contributed by atoms with Gasteiger partial charge in [0.1, 0.15) is 11.5 Å². The Bertz CT molecular complexity index is 934. The van der Waals surface area contributed by atoms with Gasteiger partial charge in [-0.3, -0.25) is 9.89 Å². The molecule has 6 heteroatoms. The Kier molecular flexibility index (Phi) is 4.59. The third kappa shape index (κ3) is 3.12. The summed E-state index contributed by atoms with van der Waals surface area (Å²) in [5.41, 5.74) is 3.70. The number of amidine groups is 1. The van der Waals surface area contributed by atoms with Crippen molar-refractivity contribution >= 4 is 11.5 Å². The van der Waals surface area contributed by atoms with E-state index in [0.717, 1.165) is 57.1 Å². The van der Waals surface area contributed by atoms with Gasteiger partial charge < -0.3 is 19.7 Å². The molecule has 0 atom stereocenters. The first-order chi connectivity index (χ1) is 14.2. The normalized spacial score (nSPS) is 19.9. The molecule has 2 aromatic carbocycles. The Morgan fingerprint density at radius 3 is 2.59 bits per heavy atom. The summed E-state index contributed by atoms with van der Waals surface area (Å²) in [6.45, 7) is 4.92. The second kappa shape index (κ2) is 7.26. The van der Waals surface area contributed by atoms with Crippen molar-refractivity contribution in [3.05, 3.63) is 53.6 Å². The van der Waals surface area contributed by atoms with Crippen LogP contribution in [0, 0.1) is 0 Å². The first-order valence-electron chi connectivity index (χ1n) is 10.4. The van der Waals surface area contributed by atoms with Gasteiger partial charge >= 0.3 is 0 Å². The Morgan fingerprint density at radius 2 is 1.79 bits per heavy atom. The molecule has 1 saturated heterocycles. The van der Waals surface area contributed by atoms with Crippen molar-refractivity contribution in [2.45, 2.75) is 25.0 Å². The number of ether oxygens (including phenoxy) is 2. The number of hydrogen-bond acceptors (Lipinski definition) is 6. The topological polar surface area (TPSA) is 49.3 Å². The minimum Gasteiger partial charge on any atom is -0.493 e. The highest BCUT2D eigenvalue weighted by molar-refractivity contribution is 6.06. The van der Waals surface area contributed by atoms with Crippen molar-refractivity contribution in [3.8, 4) is 11.5 Å². The van der Waals surface area contributed by atoms with Crippen LogP contribution in [0.2, 0.25) is 0 Å². The molecule has 0 aliphatic carbocycles. The molecule has 0 radical (unpaired) electrons. The number of fused-ring (bicyclic) bond motifs is 4. The summed E-state index contributed by atoms with van der Waals surface area (Å²) in [4.78, 5) is 9.88. The summed E-state index contributed by atoms with van der Waals surface area (Å²) < 4.78 is 10.8. The van der Waals surface area contributed by atoms with Crippen LogP contribution in [0.15, 0.2) is 47.5 Å². The van der Waals surface area contributed by atoms with Crippen LogP contribution in [-0.2, 0) is 6.54 Å². The van der Waals surface area contributed by atoms with Crippen molar-refractivity contribution in [1.29, 1.82) is 0 Å². The smallest absolute Gasteiger partial charge is 0.161 e. The predicted octanol–water partition coefficient (Wildman–Crippen LogP) is 3.18. The van der Waals surface area contributed by atoms with E-state index < -0.39 is 0 Å². The minimum atomic E-state index is -0.0161. The molecule has 5 rings (SSSR count). The number of anilines is 1. The van der Waals surface area contributed by atoms with E-state index in [4.69, 9.17) is 14.5 Å². The molecule has 3 aliphatic rings. The van der Waals surface area contributed by atoms with Gasteiger partial charge in [-0.15, -0.1) is 0 Å². The van der Waals surface area contributed by atoms with E-state index >= 15 is 0 Å². The quantitative estimate of drug-likeness (QED) is 0.866. The standard InChI is InChI=1S/C23H28N4O2/c1-28-20-8-7-17(15-21(20)29-2)16-26-12-9-23(10-13-26)25-19-6-4-3-5-18(19)22-24-11-14-27(22)23/h3-8,15,25H,9-14,16H2,1-2H3. The van der Waals surface area contributed by atoms with Gasteiger partial charge in [0.25, 0.3) is 0 Å². The number of para-hydroxylation sites is 1. The Balaban J connectivity index is 1.31. The molecule has 2 aromatic rings. The van der Waals surface area contributed by atoms with Crippen LogP contribution in [0.3, 0.4) is 0 Å². The number of hydrogen-bond donors (Lipinski definition) is 1. The molecule has 0 amide bonds. The maximum Gasteiger partial charge on any atom is 0.161 e. The number of likely N-dealkylation sites (tertiary alicyclic amines) is 1. The van der Waals surface area contributed by atoms with Gasteiger partial charge in [0.15, 0.2) is 11.5 Å². The van der Waals surface area contributed by atoms with Gasteiger partial charge in [-0.25, -0.2) is 0 Å². The second-order valence-corrected chi connectivity index (χ2v) is 8.02. The van der Waals surface area contributed by atoms with E-state index in [1.54, 1.807) is 14.2 Å².